The van der Waals surface area contributed by atoms with Gasteiger partial charge >= 0.3 is 11.9 Å². The molecule has 1 fully saturated rings. The Morgan fingerprint density at radius 2 is 1.69 bits per heavy atom. The maximum Gasteiger partial charge on any atom is 0.334 e. The number of carbonyl (C=O) groups is 2. The van der Waals surface area contributed by atoms with Gasteiger partial charge in [0.05, 0.1) is 30.7 Å². The van der Waals surface area contributed by atoms with Crippen LogP contribution in [-0.2, 0) is 9.59 Å². The number of hydrogen-bond donors (Lipinski definition) is 5. The molecule has 2 aliphatic heterocycles. The number of nitrogens with zero attached hydrogens (tertiary/aromatic N) is 3. The van der Waals surface area contributed by atoms with Gasteiger partial charge in [0.1, 0.15) is 5.75 Å². The summed E-state index contributed by atoms with van der Waals surface area (Å²) < 4.78 is 5.37. The number of aliphatic imine (C=N–C) groups is 1. The van der Waals surface area contributed by atoms with Crippen LogP contribution in [0.25, 0.3) is 0 Å². The fourth-order valence-electron chi connectivity index (χ4n) is 5.68. The first-order valence-corrected chi connectivity index (χ1v) is 13.8. The lowest BCUT2D eigenvalue weighted by Crippen LogP contribution is -2.35. The van der Waals surface area contributed by atoms with Gasteiger partial charge < -0.3 is 30.5 Å². The van der Waals surface area contributed by atoms with Crippen molar-refractivity contribution in [3.63, 3.8) is 0 Å². The predicted octanol–water partition coefficient (Wildman–Crippen LogP) is 3.82. The molecule has 0 spiro atoms. The van der Waals surface area contributed by atoms with E-state index in [-0.39, 0.29) is 17.1 Å². The lowest BCUT2D eigenvalue weighted by atomic mass is 9.80. The molecule has 2 aromatic carbocycles. The number of rotatable bonds is 9. The second-order valence-electron chi connectivity index (χ2n) is 10.4. The molecular formula is C31H36N6O5. The Kier molecular flexibility index (Phi) is 9.83. The van der Waals surface area contributed by atoms with Crippen molar-refractivity contribution >= 4 is 23.6 Å². The number of nitriles is 1. The topological polar surface area (TPSA) is 159 Å². The van der Waals surface area contributed by atoms with Crippen LogP contribution in [0.2, 0.25) is 0 Å². The SMILES string of the molecule is COc1cccc(C2CCN(CCN=C(NC#N)Nc3cccc(C4C(C(=O)O)=C(C)NC(C)=C4C(=O)O)c3)CC2)c1. The molecule has 0 aromatic heterocycles. The van der Waals surface area contributed by atoms with Crippen molar-refractivity contribution in [2.75, 3.05) is 38.6 Å². The van der Waals surface area contributed by atoms with Crippen LogP contribution in [0, 0.1) is 11.5 Å². The average molecular weight is 573 g/mol. The van der Waals surface area contributed by atoms with Gasteiger partial charge in [-0.3, -0.25) is 10.3 Å². The summed E-state index contributed by atoms with van der Waals surface area (Å²) >= 11 is 0. The fourth-order valence-corrected chi connectivity index (χ4v) is 5.68. The van der Waals surface area contributed by atoms with Crippen molar-refractivity contribution < 1.29 is 24.5 Å². The number of dihydropyridines is 1. The number of carboxylic acid groups (broad SMARTS) is 2. The van der Waals surface area contributed by atoms with Gasteiger partial charge in [-0.2, -0.15) is 5.26 Å². The number of benzene rings is 2. The molecule has 2 heterocycles. The van der Waals surface area contributed by atoms with Crippen LogP contribution in [-0.4, -0.2) is 66.3 Å². The summed E-state index contributed by atoms with van der Waals surface area (Å²) in [6.45, 7) is 6.32. The highest BCUT2D eigenvalue weighted by Crippen LogP contribution is 2.39. The number of guanidine groups is 1. The molecule has 1 saturated heterocycles. The lowest BCUT2D eigenvalue weighted by Gasteiger charge is -2.32. The van der Waals surface area contributed by atoms with E-state index in [0.717, 1.165) is 38.2 Å². The second kappa shape index (κ2) is 13.7. The highest BCUT2D eigenvalue weighted by Gasteiger charge is 2.36. The van der Waals surface area contributed by atoms with E-state index < -0.39 is 17.9 Å². The summed E-state index contributed by atoms with van der Waals surface area (Å²) in [5.41, 5.74) is 3.03. The molecule has 5 N–H and O–H groups in total. The summed E-state index contributed by atoms with van der Waals surface area (Å²) in [6, 6.07) is 15.1. The Morgan fingerprint density at radius 1 is 1.05 bits per heavy atom. The number of carboxylic acids is 2. The van der Waals surface area contributed by atoms with E-state index in [4.69, 9.17) is 4.74 Å². The molecule has 2 aromatic rings. The minimum Gasteiger partial charge on any atom is -0.497 e. The molecule has 0 unspecified atom stereocenters. The molecule has 4 rings (SSSR count). The van der Waals surface area contributed by atoms with Gasteiger partial charge in [0.25, 0.3) is 0 Å². The highest BCUT2D eigenvalue weighted by molar-refractivity contribution is 5.99. The molecule has 220 valence electrons. The van der Waals surface area contributed by atoms with Crippen LogP contribution in [0.3, 0.4) is 0 Å². The summed E-state index contributed by atoms with van der Waals surface area (Å²) in [5, 5.41) is 37.6. The Hall–Kier alpha value is -4.82. The normalized spacial score (nSPS) is 17.0. The van der Waals surface area contributed by atoms with Crippen molar-refractivity contribution in [1.29, 1.82) is 5.26 Å². The summed E-state index contributed by atoms with van der Waals surface area (Å²) in [5.74, 6) is -1.76. The van der Waals surface area contributed by atoms with Gasteiger partial charge in [0.15, 0.2) is 6.19 Å². The lowest BCUT2D eigenvalue weighted by molar-refractivity contribution is -0.133. The van der Waals surface area contributed by atoms with E-state index in [9.17, 15) is 25.1 Å². The minimum atomic E-state index is -1.20. The third kappa shape index (κ3) is 7.08. The second-order valence-corrected chi connectivity index (χ2v) is 10.4. The number of nitrogens with one attached hydrogen (secondary N) is 3. The first kappa shape index (κ1) is 30.1. The van der Waals surface area contributed by atoms with E-state index in [0.29, 0.717) is 35.1 Å². The zero-order chi connectivity index (χ0) is 30.2. The third-order valence-electron chi connectivity index (χ3n) is 7.72. The summed E-state index contributed by atoms with van der Waals surface area (Å²) in [6.07, 6.45) is 3.98. The first-order chi connectivity index (χ1) is 20.2. The fraction of sp³-hybridized carbons (Fsp3) is 0.355. The zero-order valence-electron chi connectivity index (χ0n) is 24.0. The maximum absolute atomic E-state index is 12.1. The molecule has 0 atom stereocenters. The zero-order valence-corrected chi connectivity index (χ0v) is 24.0. The summed E-state index contributed by atoms with van der Waals surface area (Å²) in [7, 11) is 1.68. The van der Waals surface area contributed by atoms with Gasteiger partial charge in [0.2, 0.25) is 5.96 Å². The van der Waals surface area contributed by atoms with Crippen molar-refractivity contribution in [2.24, 2.45) is 4.99 Å². The number of hydrogen-bond acceptors (Lipinski definition) is 7. The van der Waals surface area contributed by atoms with Crippen LogP contribution in [0.4, 0.5) is 5.69 Å². The Bertz CT molecular complexity index is 1430. The molecule has 42 heavy (non-hydrogen) atoms. The monoisotopic (exact) mass is 572 g/mol. The number of allylic oxidation sites excluding steroid dienone is 2. The standard InChI is InChI=1S/C31H36N6O5/c1-19-26(29(38)39)28(27(30(40)41)20(2)35-19)23-7-4-8-24(16-23)36-31(34-18-32)33-12-15-37-13-10-21(11-14-37)22-6-5-9-25(17-22)42-3/h4-9,16-17,21,28,35H,10-15H2,1-3H3,(H,38,39)(H,40,41)(H2,33,34,36). The molecule has 0 saturated carbocycles. The van der Waals surface area contributed by atoms with Gasteiger partial charge in [-0.25, -0.2) is 9.59 Å². The van der Waals surface area contributed by atoms with Crippen LogP contribution in [0.15, 0.2) is 76.1 Å². The molecule has 11 nitrogen and oxygen atoms in total. The van der Waals surface area contributed by atoms with Crippen molar-refractivity contribution in [2.45, 2.75) is 38.5 Å². The van der Waals surface area contributed by atoms with Crippen molar-refractivity contribution in [3.05, 3.63) is 82.2 Å². The number of anilines is 1. The molecule has 0 radical (unpaired) electrons. The molecular weight excluding hydrogens is 536 g/mol. The van der Waals surface area contributed by atoms with Gasteiger partial charge in [-0.05, 0) is 81.1 Å². The van der Waals surface area contributed by atoms with E-state index in [1.165, 1.54) is 5.56 Å². The molecule has 0 amide bonds. The van der Waals surface area contributed by atoms with Crippen LogP contribution in [0.1, 0.15) is 49.7 Å². The molecule has 0 bridgehead atoms. The summed E-state index contributed by atoms with van der Waals surface area (Å²) in [4.78, 5) is 31.2. The van der Waals surface area contributed by atoms with E-state index in [1.807, 2.05) is 18.3 Å². The van der Waals surface area contributed by atoms with Gasteiger partial charge in [-0.1, -0.05) is 24.3 Å². The van der Waals surface area contributed by atoms with Crippen molar-refractivity contribution in [1.82, 2.24) is 15.5 Å². The van der Waals surface area contributed by atoms with E-state index in [2.05, 4.69) is 38.0 Å². The average Bonchev–Trinajstić information content (AvgIpc) is 2.97. The van der Waals surface area contributed by atoms with E-state index >= 15 is 0 Å². The number of ether oxygens (including phenoxy) is 1. The van der Waals surface area contributed by atoms with Crippen LogP contribution >= 0.6 is 0 Å². The quantitative estimate of drug-likeness (QED) is 0.129. The largest absolute Gasteiger partial charge is 0.497 e. The Labute approximate surface area is 245 Å². The smallest absolute Gasteiger partial charge is 0.334 e. The van der Waals surface area contributed by atoms with Crippen molar-refractivity contribution in [3.8, 4) is 11.9 Å². The highest BCUT2D eigenvalue weighted by atomic mass is 16.5. The predicted molar refractivity (Wildman–Crippen MR) is 159 cm³/mol. The maximum atomic E-state index is 12.1. The Balaban J connectivity index is 1.43. The van der Waals surface area contributed by atoms with Crippen LogP contribution in [0.5, 0.6) is 5.75 Å². The molecule has 0 aliphatic carbocycles. The van der Waals surface area contributed by atoms with Crippen LogP contribution < -0.4 is 20.7 Å². The van der Waals surface area contributed by atoms with E-state index in [1.54, 1.807) is 45.2 Å². The van der Waals surface area contributed by atoms with Gasteiger partial charge in [-0.15, -0.1) is 0 Å². The molecule has 2 aliphatic rings. The van der Waals surface area contributed by atoms with Gasteiger partial charge in [0, 0.05) is 23.6 Å². The first-order valence-electron chi connectivity index (χ1n) is 13.8. The Morgan fingerprint density at radius 3 is 2.31 bits per heavy atom. The number of aliphatic carboxylic acids is 2. The minimum absolute atomic E-state index is 0.0330. The third-order valence-corrected chi connectivity index (χ3v) is 7.72. The molecule has 11 heteroatoms. The number of piperidine rings is 1. The number of likely N-dealkylation sites (tertiary alicyclic amines) is 1. The number of methoxy groups -OCH3 is 1.